The van der Waals surface area contributed by atoms with Crippen LogP contribution in [-0.2, 0) is 0 Å². The van der Waals surface area contributed by atoms with Crippen LogP contribution in [0.5, 0.6) is 5.75 Å². The van der Waals surface area contributed by atoms with Gasteiger partial charge in [-0.15, -0.1) is 0 Å². The number of aliphatic hydroxyl groups is 2. The summed E-state index contributed by atoms with van der Waals surface area (Å²) in [6.45, 7) is 0.306. The molecule has 0 spiro atoms. The van der Waals surface area contributed by atoms with E-state index in [0.29, 0.717) is 6.54 Å². The molecule has 0 aliphatic carbocycles. The third kappa shape index (κ3) is 3.09. The Bertz CT molecular complexity index is 318. The van der Waals surface area contributed by atoms with Crippen molar-refractivity contribution in [1.29, 1.82) is 0 Å². The summed E-state index contributed by atoms with van der Waals surface area (Å²) in [5, 5.41) is 29.9. The fourth-order valence-electron chi connectivity index (χ4n) is 1.32. The maximum atomic E-state index is 9.23. The van der Waals surface area contributed by atoms with Gasteiger partial charge in [0.25, 0.3) is 0 Å². The van der Waals surface area contributed by atoms with Gasteiger partial charge in [0.15, 0.2) is 0 Å². The molecular weight excluding hydrogens is 196 g/mol. The number of hydrogen-bond acceptors (Lipinski definition) is 5. The maximum absolute atomic E-state index is 9.23. The average Bonchev–Trinajstić information content (AvgIpc) is 2.24. The van der Waals surface area contributed by atoms with Crippen molar-refractivity contribution >= 4 is 5.69 Å². The lowest BCUT2D eigenvalue weighted by atomic mass is 10.1. The Hall–Kier alpha value is -1.30. The molecule has 15 heavy (non-hydrogen) atoms. The Morgan fingerprint density at radius 1 is 1.33 bits per heavy atom. The Morgan fingerprint density at radius 3 is 2.60 bits per heavy atom. The van der Waals surface area contributed by atoms with Crippen LogP contribution in [0.3, 0.4) is 0 Å². The van der Waals surface area contributed by atoms with Crippen molar-refractivity contribution in [2.24, 2.45) is 0 Å². The lowest BCUT2D eigenvalue weighted by Crippen LogP contribution is -2.27. The van der Waals surface area contributed by atoms with Gasteiger partial charge in [-0.1, -0.05) is 6.07 Å². The zero-order valence-electron chi connectivity index (χ0n) is 8.35. The number of rotatable bonds is 5. The number of phenolic OH excluding ortho intramolecular Hbond substituents is 1. The average molecular weight is 212 g/mol. The van der Waals surface area contributed by atoms with E-state index in [-0.39, 0.29) is 30.7 Å². The molecule has 0 heterocycles. The first-order chi connectivity index (χ1) is 7.19. The Balaban J connectivity index is 2.78. The molecule has 0 saturated carbocycles. The van der Waals surface area contributed by atoms with Crippen LogP contribution >= 0.6 is 0 Å². The van der Waals surface area contributed by atoms with E-state index < -0.39 is 0 Å². The lowest BCUT2D eigenvalue weighted by Gasteiger charge is -2.16. The fraction of sp³-hybridized carbons (Fsp3) is 0.400. The number of hydrogen-bond donors (Lipinski definition) is 5. The second kappa shape index (κ2) is 5.55. The van der Waals surface area contributed by atoms with Gasteiger partial charge in [0, 0.05) is 6.54 Å². The minimum atomic E-state index is -0.278. The minimum absolute atomic E-state index is 0.00403. The molecule has 1 aromatic carbocycles. The molecule has 1 aromatic rings. The summed E-state index contributed by atoms with van der Waals surface area (Å²) in [4.78, 5) is 0. The number of nitrogens with two attached hydrogens (primary N) is 1. The lowest BCUT2D eigenvalue weighted by molar-refractivity contribution is 0.227. The van der Waals surface area contributed by atoms with Crippen molar-refractivity contribution in [3.05, 3.63) is 23.8 Å². The van der Waals surface area contributed by atoms with Gasteiger partial charge in [0.1, 0.15) is 5.75 Å². The molecule has 5 nitrogen and oxygen atoms in total. The normalized spacial score (nSPS) is 12.7. The summed E-state index contributed by atoms with van der Waals surface area (Å²) in [5.41, 5.74) is 6.59. The molecule has 0 saturated heterocycles. The predicted molar refractivity (Wildman–Crippen MR) is 57.4 cm³/mol. The molecule has 0 fully saturated rings. The topological polar surface area (TPSA) is 98.7 Å². The summed E-state index contributed by atoms with van der Waals surface area (Å²) in [6.07, 6.45) is 0. The molecular formula is C10H16N2O3. The number of anilines is 1. The number of nitrogen functional groups attached to an aromatic ring is 1. The summed E-state index contributed by atoms with van der Waals surface area (Å²) < 4.78 is 0. The molecule has 0 radical (unpaired) electrons. The van der Waals surface area contributed by atoms with Gasteiger partial charge in [0.2, 0.25) is 0 Å². The van der Waals surface area contributed by atoms with E-state index in [1.165, 1.54) is 6.07 Å². The Labute approximate surface area is 88.2 Å². The molecule has 0 aromatic heterocycles. The van der Waals surface area contributed by atoms with Crippen LogP contribution in [0.15, 0.2) is 18.2 Å². The smallest absolute Gasteiger partial charge is 0.138 e. The maximum Gasteiger partial charge on any atom is 0.138 e. The monoisotopic (exact) mass is 212 g/mol. The van der Waals surface area contributed by atoms with Gasteiger partial charge >= 0.3 is 0 Å². The van der Waals surface area contributed by atoms with E-state index in [2.05, 4.69) is 5.32 Å². The third-order valence-corrected chi connectivity index (χ3v) is 2.14. The van der Waals surface area contributed by atoms with Crippen LogP contribution < -0.4 is 11.1 Å². The van der Waals surface area contributed by atoms with E-state index >= 15 is 0 Å². The fourth-order valence-corrected chi connectivity index (χ4v) is 1.32. The van der Waals surface area contributed by atoms with Crippen molar-refractivity contribution < 1.29 is 15.3 Å². The molecule has 1 unspecified atom stereocenters. The van der Waals surface area contributed by atoms with Crippen LogP contribution in [0, 0.1) is 0 Å². The molecule has 1 rings (SSSR count). The quantitative estimate of drug-likeness (QED) is 0.337. The van der Waals surface area contributed by atoms with Crippen molar-refractivity contribution in [2.75, 3.05) is 25.5 Å². The van der Waals surface area contributed by atoms with Crippen LogP contribution in [0.2, 0.25) is 0 Å². The second-order valence-corrected chi connectivity index (χ2v) is 3.23. The largest absolute Gasteiger partial charge is 0.506 e. The highest BCUT2D eigenvalue weighted by Crippen LogP contribution is 2.23. The van der Waals surface area contributed by atoms with Crippen LogP contribution in [-0.4, -0.2) is 35.1 Å². The SMILES string of the molecule is Nc1cc(C(CO)NCCO)ccc1O. The van der Waals surface area contributed by atoms with E-state index in [9.17, 15) is 5.11 Å². The van der Waals surface area contributed by atoms with Crippen LogP contribution in [0.25, 0.3) is 0 Å². The Morgan fingerprint density at radius 2 is 2.07 bits per heavy atom. The van der Waals surface area contributed by atoms with Crippen molar-refractivity contribution in [3.8, 4) is 5.75 Å². The van der Waals surface area contributed by atoms with E-state index in [0.717, 1.165) is 5.56 Å². The van der Waals surface area contributed by atoms with Crippen LogP contribution in [0.1, 0.15) is 11.6 Å². The highest BCUT2D eigenvalue weighted by atomic mass is 16.3. The highest BCUT2D eigenvalue weighted by Gasteiger charge is 2.10. The van der Waals surface area contributed by atoms with Crippen LogP contribution in [0.4, 0.5) is 5.69 Å². The minimum Gasteiger partial charge on any atom is -0.506 e. The highest BCUT2D eigenvalue weighted by molar-refractivity contribution is 5.53. The summed E-state index contributed by atoms with van der Waals surface area (Å²) >= 11 is 0. The number of phenols is 1. The van der Waals surface area contributed by atoms with Crippen molar-refractivity contribution in [3.63, 3.8) is 0 Å². The number of benzene rings is 1. The number of nitrogens with one attached hydrogen (secondary N) is 1. The number of aliphatic hydroxyl groups excluding tert-OH is 2. The Kier molecular flexibility index (Phi) is 4.36. The van der Waals surface area contributed by atoms with Gasteiger partial charge < -0.3 is 26.4 Å². The molecule has 0 bridgehead atoms. The first kappa shape index (κ1) is 11.8. The molecule has 5 heteroatoms. The zero-order chi connectivity index (χ0) is 11.3. The van der Waals surface area contributed by atoms with Gasteiger partial charge in [-0.3, -0.25) is 0 Å². The molecule has 0 aliphatic rings. The first-order valence-electron chi connectivity index (χ1n) is 4.72. The standard InChI is InChI=1S/C10H16N2O3/c11-8-5-7(1-2-10(8)15)9(6-14)12-3-4-13/h1-2,5,9,12-15H,3-4,6,11H2. The predicted octanol–water partition coefficient (Wildman–Crippen LogP) is -0.410. The van der Waals surface area contributed by atoms with Gasteiger partial charge in [-0.05, 0) is 17.7 Å². The van der Waals surface area contributed by atoms with E-state index in [1.807, 2.05) is 0 Å². The van der Waals surface area contributed by atoms with Crippen molar-refractivity contribution in [1.82, 2.24) is 5.32 Å². The molecule has 6 N–H and O–H groups in total. The zero-order valence-corrected chi connectivity index (χ0v) is 8.35. The van der Waals surface area contributed by atoms with E-state index in [4.69, 9.17) is 15.9 Å². The molecule has 0 aliphatic heterocycles. The molecule has 0 amide bonds. The second-order valence-electron chi connectivity index (χ2n) is 3.23. The van der Waals surface area contributed by atoms with E-state index in [1.54, 1.807) is 12.1 Å². The molecule has 1 atom stereocenters. The van der Waals surface area contributed by atoms with Gasteiger partial charge in [0.05, 0.1) is 24.9 Å². The third-order valence-electron chi connectivity index (χ3n) is 2.14. The van der Waals surface area contributed by atoms with Gasteiger partial charge in [-0.25, -0.2) is 0 Å². The summed E-state index contributed by atoms with van der Waals surface area (Å²) in [7, 11) is 0. The number of aromatic hydroxyl groups is 1. The van der Waals surface area contributed by atoms with Crippen molar-refractivity contribution in [2.45, 2.75) is 6.04 Å². The first-order valence-corrected chi connectivity index (χ1v) is 4.72. The molecule has 84 valence electrons. The summed E-state index contributed by atoms with van der Waals surface area (Å²) in [6, 6.07) is 4.48. The van der Waals surface area contributed by atoms with Gasteiger partial charge in [-0.2, -0.15) is 0 Å². The summed E-state index contributed by atoms with van der Waals surface area (Å²) in [5.74, 6) is 0.0256.